The van der Waals surface area contributed by atoms with E-state index in [0.29, 0.717) is 13.0 Å². The molecule has 1 aliphatic carbocycles. The number of hydrogen-bond donors (Lipinski definition) is 0. The van der Waals surface area contributed by atoms with E-state index in [-0.39, 0.29) is 5.83 Å². The van der Waals surface area contributed by atoms with E-state index >= 15 is 0 Å². The van der Waals surface area contributed by atoms with Gasteiger partial charge in [0.25, 0.3) is 0 Å². The van der Waals surface area contributed by atoms with E-state index in [1.54, 1.807) is 13.2 Å². The molecule has 2 aliphatic rings. The Morgan fingerprint density at radius 3 is 2.84 bits per heavy atom. The Bertz CT molecular complexity index is 597. The van der Waals surface area contributed by atoms with Crippen LogP contribution in [-0.2, 0) is 0 Å². The molecule has 0 amide bonds. The van der Waals surface area contributed by atoms with Crippen molar-refractivity contribution in [2.75, 3.05) is 13.7 Å². The van der Waals surface area contributed by atoms with Gasteiger partial charge in [0.15, 0.2) is 0 Å². The molecule has 1 heterocycles. The number of ether oxygens (including phenoxy) is 2. The molecule has 3 rings (SSSR count). The van der Waals surface area contributed by atoms with E-state index in [1.807, 2.05) is 30.4 Å². The molecule has 1 aromatic carbocycles. The SMILES string of the molecule is COc1ccc2c(c1)C(C1=CC=C(F)CC1)=CCO2. The maximum Gasteiger partial charge on any atom is 0.127 e. The summed E-state index contributed by atoms with van der Waals surface area (Å²) >= 11 is 0. The van der Waals surface area contributed by atoms with Gasteiger partial charge in [-0.1, -0.05) is 6.08 Å². The van der Waals surface area contributed by atoms with Crippen LogP contribution in [0.1, 0.15) is 18.4 Å². The summed E-state index contributed by atoms with van der Waals surface area (Å²) in [4.78, 5) is 0. The molecule has 0 unspecified atom stereocenters. The average molecular weight is 258 g/mol. The molecule has 2 nitrogen and oxygen atoms in total. The fourth-order valence-electron chi connectivity index (χ4n) is 2.44. The maximum atomic E-state index is 13.1. The van der Waals surface area contributed by atoms with Crippen LogP contribution in [0.5, 0.6) is 11.5 Å². The lowest BCUT2D eigenvalue weighted by Gasteiger charge is -2.22. The summed E-state index contributed by atoms with van der Waals surface area (Å²) in [5.74, 6) is 1.60. The lowest BCUT2D eigenvalue weighted by atomic mass is 9.90. The third kappa shape index (κ3) is 2.28. The van der Waals surface area contributed by atoms with E-state index in [9.17, 15) is 4.39 Å². The molecule has 0 saturated heterocycles. The van der Waals surface area contributed by atoms with Crippen molar-refractivity contribution >= 4 is 5.57 Å². The van der Waals surface area contributed by atoms with Crippen molar-refractivity contribution in [3.8, 4) is 11.5 Å². The summed E-state index contributed by atoms with van der Waals surface area (Å²) in [5, 5.41) is 0. The van der Waals surface area contributed by atoms with Crippen molar-refractivity contribution in [1.82, 2.24) is 0 Å². The Balaban J connectivity index is 2.03. The number of rotatable bonds is 2. The lowest BCUT2D eigenvalue weighted by Crippen LogP contribution is -2.07. The predicted molar refractivity (Wildman–Crippen MR) is 73.0 cm³/mol. The van der Waals surface area contributed by atoms with Gasteiger partial charge in [-0.3, -0.25) is 0 Å². The van der Waals surface area contributed by atoms with Crippen LogP contribution in [-0.4, -0.2) is 13.7 Å². The lowest BCUT2D eigenvalue weighted by molar-refractivity contribution is 0.355. The topological polar surface area (TPSA) is 18.5 Å². The smallest absolute Gasteiger partial charge is 0.127 e. The number of allylic oxidation sites excluding steroid dienone is 5. The second-order valence-electron chi connectivity index (χ2n) is 4.60. The van der Waals surface area contributed by atoms with Crippen molar-refractivity contribution in [2.24, 2.45) is 0 Å². The summed E-state index contributed by atoms with van der Waals surface area (Å²) in [6.07, 6.45) is 6.66. The van der Waals surface area contributed by atoms with Gasteiger partial charge in [-0.05, 0) is 47.9 Å². The number of methoxy groups -OCH3 is 1. The second-order valence-corrected chi connectivity index (χ2v) is 4.60. The zero-order valence-electron chi connectivity index (χ0n) is 10.8. The van der Waals surface area contributed by atoms with Gasteiger partial charge in [0, 0.05) is 12.0 Å². The molecule has 0 aromatic heterocycles. The van der Waals surface area contributed by atoms with Crippen molar-refractivity contribution in [2.45, 2.75) is 12.8 Å². The second kappa shape index (κ2) is 4.92. The summed E-state index contributed by atoms with van der Waals surface area (Å²) in [5.41, 5.74) is 3.30. The monoisotopic (exact) mass is 258 g/mol. The fraction of sp³-hybridized carbons (Fsp3) is 0.250. The van der Waals surface area contributed by atoms with Gasteiger partial charge in [-0.25, -0.2) is 4.39 Å². The first-order chi connectivity index (χ1) is 9.28. The van der Waals surface area contributed by atoms with Crippen LogP contribution in [0.15, 0.2) is 47.8 Å². The third-order valence-corrected chi connectivity index (χ3v) is 3.45. The zero-order valence-corrected chi connectivity index (χ0v) is 10.8. The van der Waals surface area contributed by atoms with Crippen LogP contribution in [0.25, 0.3) is 5.57 Å². The van der Waals surface area contributed by atoms with Gasteiger partial charge in [-0.2, -0.15) is 0 Å². The van der Waals surface area contributed by atoms with Crippen molar-refractivity contribution in [1.29, 1.82) is 0 Å². The summed E-state index contributed by atoms with van der Waals surface area (Å²) < 4.78 is 24.0. The van der Waals surface area contributed by atoms with Gasteiger partial charge >= 0.3 is 0 Å². The Hall–Kier alpha value is -2.03. The van der Waals surface area contributed by atoms with E-state index < -0.39 is 0 Å². The van der Waals surface area contributed by atoms with E-state index in [1.165, 1.54) is 0 Å². The molecule has 19 heavy (non-hydrogen) atoms. The van der Waals surface area contributed by atoms with Crippen LogP contribution < -0.4 is 9.47 Å². The normalized spacial score (nSPS) is 17.7. The molecule has 1 aromatic rings. The van der Waals surface area contributed by atoms with Crippen molar-refractivity contribution < 1.29 is 13.9 Å². The molecule has 0 fully saturated rings. The minimum Gasteiger partial charge on any atom is -0.497 e. The molecule has 0 spiro atoms. The first kappa shape index (κ1) is 12.0. The molecule has 0 N–H and O–H groups in total. The molecule has 0 atom stereocenters. The highest BCUT2D eigenvalue weighted by Crippen LogP contribution is 2.39. The number of hydrogen-bond acceptors (Lipinski definition) is 2. The highest BCUT2D eigenvalue weighted by atomic mass is 19.1. The number of benzene rings is 1. The quantitative estimate of drug-likeness (QED) is 0.797. The molecule has 0 bridgehead atoms. The average Bonchev–Trinajstić information content (AvgIpc) is 2.47. The summed E-state index contributed by atoms with van der Waals surface area (Å²) in [6, 6.07) is 5.77. The van der Waals surface area contributed by atoms with Gasteiger partial charge in [-0.15, -0.1) is 0 Å². The van der Waals surface area contributed by atoms with Crippen LogP contribution in [0, 0.1) is 0 Å². The van der Waals surface area contributed by atoms with Crippen molar-refractivity contribution in [3.63, 3.8) is 0 Å². The summed E-state index contributed by atoms with van der Waals surface area (Å²) in [6.45, 7) is 0.554. The fourth-order valence-corrected chi connectivity index (χ4v) is 2.44. The largest absolute Gasteiger partial charge is 0.497 e. The Morgan fingerprint density at radius 2 is 2.11 bits per heavy atom. The van der Waals surface area contributed by atoms with Gasteiger partial charge in [0.2, 0.25) is 0 Å². The van der Waals surface area contributed by atoms with Crippen molar-refractivity contribution in [3.05, 3.63) is 53.4 Å². The molecular weight excluding hydrogens is 243 g/mol. The molecule has 0 radical (unpaired) electrons. The molecular formula is C16H15FO2. The summed E-state index contributed by atoms with van der Waals surface area (Å²) in [7, 11) is 1.65. The van der Waals surface area contributed by atoms with E-state index in [4.69, 9.17) is 9.47 Å². The van der Waals surface area contributed by atoms with Gasteiger partial charge in [0.1, 0.15) is 23.9 Å². The minimum atomic E-state index is -0.0534. The molecule has 98 valence electrons. The Kier molecular flexibility index (Phi) is 3.11. The molecule has 3 heteroatoms. The van der Waals surface area contributed by atoms with Crippen LogP contribution in [0.2, 0.25) is 0 Å². The minimum absolute atomic E-state index is 0.0534. The standard InChI is InChI=1S/C16H15FO2/c1-18-13-6-7-16-15(10-13)14(8-9-19-16)11-2-4-12(17)5-3-11/h2,4,6-8,10H,3,5,9H2,1H3. The van der Waals surface area contributed by atoms with E-state index in [2.05, 4.69) is 0 Å². The molecule has 1 aliphatic heterocycles. The maximum absolute atomic E-state index is 13.1. The van der Waals surface area contributed by atoms with Crippen LogP contribution >= 0.6 is 0 Å². The number of fused-ring (bicyclic) bond motifs is 1. The molecule has 0 saturated carbocycles. The van der Waals surface area contributed by atoms with E-state index in [0.717, 1.165) is 34.6 Å². The zero-order chi connectivity index (χ0) is 13.2. The highest BCUT2D eigenvalue weighted by molar-refractivity contribution is 5.84. The number of halogens is 1. The third-order valence-electron chi connectivity index (χ3n) is 3.45. The van der Waals surface area contributed by atoms with Crippen LogP contribution in [0.3, 0.4) is 0 Å². The van der Waals surface area contributed by atoms with Gasteiger partial charge < -0.3 is 9.47 Å². The Labute approximate surface area is 111 Å². The first-order valence-electron chi connectivity index (χ1n) is 6.35. The Morgan fingerprint density at radius 1 is 1.21 bits per heavy atom. The first-order valence-corrected chi connectivity index (χ1v) is 6.35. The van der Waals surface area contributed by atoms with Gasteiger partial charge in [0.05, 0.1) is 7.11 Å². The predicted octanol–water partition coefficient (Wildman–Crippen LogP) is 4.04. The highest BCUT2D eigenvalue weighted by Gasteiger charge is 2.19. The van der Waals surface area contributed by atoms with Crippen LogP contribution in [0.4, 0.5) is 4.39 Å².